The lowest BCUT2D eigenvalue weighted by Crippen LogP contribution is -2.10. The van der Waals surface area contributed by atoms with Crippen molar-refractivity contribution in [2.24, 2.45) is 5.73 Å². The molecule has 0 atom stereocenters. The molecule has 2 aromatic carbocycles. The maximum absolute atomic E-state index is 6.23. The van der Waals surface area contributed by atoms with E-state index in [9.17, 15) is 0 Å². The van der Waals surface area contributed by atoms with Crippen LogP contribution in [-0.4, -0.2) is 4.99 Å². The Bertz CT molecular complexity index is 646. The number of thiocarbonyl (C=S) groups is 1. The highest BCUT2D eigenvalue weighted by atomic mass is 35.5. The molecule has 110 valence electrons. The van der Waals surface area contributed by atoms with Crippen LogP contribution in [-0.2, 0) is 12.8 Å². The van der Waals surface area contributed by atoms with Gasteiger partial charge in [0.05, 0.1) is 5.02 Å². The molecule has 0 aliphatic rings. The zero-order valence-electron chi connectivity index (χ0n) is 12.2. The number of anilines is 2. The second-order valence-electron chi connectivity index (χ2n) is 4.84. The molecule has 2 rings (SSSR count). The van der Waals surface area contributed by atoms with Crippen molar-refractivity contribution < 1.29 is 0 Å². The van der Waals surface area contributed by atoms with Gasteiger partial charge in [0, 0.05) is 16.9 Å². The predicted molar refractivity (Wildman–Crippen MR) is 95.8 cm³/mol. The van der Waals surface area contributed by atoms with Crippen LogP contribution in [0.15, 0.2) is 36.4 Å². The van der Waals surface area contributed by atoms with Crippen molar-refractivity contribution in [3.8, 4) is 0 Å². The standard InChI is InChI=1S/C17H19ClN2S/c1-3-11-6-5-7-12(4-2)16(11)20-13-8-9-14(17(19)21)15(18)10-13/h5-10,20H,3-4H2,1-2H3,(H2,19,21). The van der Waals surface area contributed by atoms with Gasteiger partial charge in [0.15, 0.2) is 0 Å². The van der Waals surface area contributed by atoms with Gasteiger partial charge in [0.2, 0.25) is 0 Å². The summed E-state index contributed by atoms with van der Waals surface area (Å²) in [4.78, 5) is 0.315. The van der Waals surface area contributed by atoms with Crippen molar-refractivity contribution >= 4 is 40.2 Å². The van der Waals surface area contributed by atoms with Gasteiger partial charge in [-0.05, 0) is 42.2 Å². The SMILES string of the molecule is CCc1cccc(CC)c1Nc1ccc(C(N)=S)c(Cl)c1. The van der Waals surface area contributed by atoms with Crippen LogP contribution in [0.3, 0.4) is 0 Å². The van der Waals surface area contributed by atoms with Gasteiger partial charge in [-0.15, -0.1) is 0 Å². The summed E-state index contributed by atoms with van der Waals surface area (Å²) >= 11 is 11.2. The lowest BCUT2D eigenvalue weighted by atomic mass is 10.0. The van der Waals surface area contributed by atoms with E-state index in [-0.39, 0.29) is 0 Å². The smallest absolute Gasteiger partial charge is 0.105 e. The van der Waals surface area contributed by atoms with Gasteiger partial charge in [-0.2, -0.15) is 0 Å². The summed E-state index contributed by atoms with van der Waals surface area (Å²) < 4.78 is 0. The van der Waals surface area contributed by atoms with Crippen LogP contribution < -0.4 is 11.1 Å². The van der Waals surface area contributed by atoms with Gasteiger partial charge in [0.1, 0.15) is 4.99 Å². The van der Waals surface area contributed by atoms with Crippen LogP contribution in [0.1, 0.15) is 30.5 Å². The Morgan fingerprint density at radius 1 is 1.14 bits per heavy atom. The van der Waals surface area contributed by atoms with E-state index in [1.807, 2.05) is 18.2 Å². The van der Waals surface area contributed by atoms with Crippen LogP contribution in [0, 0.1) is 0 Å². The molecule has 0 saturated carbocycles. The third-order valence-corrected chi connectivity index (χ3v) is 4.04. The summed E-state index contributed by atoms with van der Waals surface area (Å²) in [6.07, 6.45) is 1.96. The molecule has 0 aromatic heterocycles. The lowest BCUT2D eigenvalue weighted by Gasteiger charge is -2.16. The number of rotatable bonds is 5. The molecule has 0 radical (unpaired) electrons. The quantitative estimate of drug-likeness (QED) is 0.774. The van der Waals surface area contributed by atoms with E-state index >= 15 is 0 Å². The zero-order chi connectivity index (χ0) is 15.4. The van der Waals surface area contributed by atoms with E-state index in [4.69, 9.17) is 29.6 Å². The fraction of sp³-hybridized carbons (Fsp3) is 0.235. The van der Waals surface area contributed by atoms with Crippen molar-refractivity contribution in [2.75, 3.05) is 5.32 Å². The number of benzene rings is 2. The Balaban J connectivity index is 2.38. The highest BCUT2D eigenvalue weighted by Gasteiger charge is 2.09. The third kappa shape index (κ3) is 3.55. The summed E-state index contributed by atoms with van der Waals surface area (Å²) in [7, 11) is 0. The molecule has 0 bridgehead atoms. The Morgan fingerprint density at radius 2 is 1.76 bits per heavy atom. The molecule has 2 nitrogen and oxygen atoms in total. The molecule has 0 spiro atoms. The first-order valence-corrected chi connectivity index (χ1v) is 7.82. The first-order chi connectivity index (χ1) is 10.1. The maximum atomic E-state index is 6.23. The van der Waals surface area contributed by atoms with E-state index in [0.29, 0.717) is 15.6 Å². The normalized spacial score (nSPS) is 10.4. The third-order valence-electron chi connectivity index (χ3n) is 3.50. The van der Waals surface area contributed by atoms with Gasteiger partial charge < -0.3 is 11.1 Å². The fourth-order valence-electron chi connectivity index (χ4n) is 2.34. The molecule has 21 heavy (non-hydrogen) atoms. The van der Waals surface area contributed by atoms with Crippen molar-refractivity contribution in [1.82, 2.24) is 0 Å². The summed E-state index contributed by atoms with van der Waals surface area (Å²) in [6, 6.07) is 12.1. The van der Waals surface area contributed by atoms with Gasteiger partial charge in [0.25, 0.3) is 0 Å². The molecule has 0 aliphatic carbocycles. The number of aryl methyl sites for hydroxylation is 2. The summed E-state index contributed by atoms with van der Waals surface area (Å²) in [5, 5.41) is 4.05. The van der Waals surface area contributed by atoms with Crippen molar-refractivity contribution in [3.05, 3.63) is 58.1 Å². The molecule has 0 heterocycles. The van der Waals surface area contributed by atoms with Crippen LogP contribution in [0.25, 0.3) is 0 Å². The minimum atomic E-state index is 0.315. The van der Waals surface area contributed by atoms with Gasteiger partial charge in [-0.25, -0.2) is 0 Å². The van der Waals surface area contributed by atoms with Gasteiger partial charge >= 0.3 is 0 Å². The molecule has 0 unspecified atom stereocenters. The largest absolute Gasteiger partial charge is 0.389 e. The maximum Gasteiger partial charge on any atom is 0.105 e. The van der Waals surface area contributed by atoms with Crippen LogP contribution in [0.5, 0.6) is 0 Å². The Morgan fingerprint density at radius 3 is 2.24 bits per heavy atom. The van der Waals surface area contributed by atoms with Gasteiger partial charge in [-0.3, -0.25) is 0 Å². The average Bonchev–Trinajstić information content (AvgIpc) is 2.47. The summed E-state index contributed by atoms with van der Waals surface area (Å²) in [5.74, 6) is 0. The highest BCUT2D eigenvalue weighted by Crippen LogP contribution is 2.29. The Labute approximate surface area is 136 Å². The topological polar surface area (TPSA) is 38.0 Å². The number of hydrogen-bond donors (Lipinski definition) is 2. The molecular weight excluding hydrogens is 300 g/mol. The average molecular weight is 319 g/mol. The summed E-state index contributed by atoms with van der Waals surface area (Å²) in [5.41, 5.74) is 11.0. The minimum Gasteiger partial charge on any atom is -0.389 e. The molecule has 4 heteroatoms. The van der Waals surface area contributed by atoms with Crippen molar-refractivity contribution in [3.63, 3.8) is 0 Å². The number of halogens is 1. The second-order valence-corrected chi connectivity index (χ2v) is 5.69. The first-order valence-electron chi connectivity index (χ1n) is 7.04. The van der Waals surface area contributed by atoms with Crippen molar-refractivity contribution in [1.29, 1.82) is 0 Å². The lowest BCUT2D eigenvalue weighted by molar-refractivity contribution is 1.09. The van der Waals surface area contributed by atoms with Crippen LogP contribution in [0.4, 0.5) is 11.4 Å². The van der Waals surface area contributed by atoms with E-state index in [0.717, 1.165) is 18.5 Å². The fourth-order valence-corrected chi connectivity index (χ4v) is 2.86. The molecule has 0 fully saturated rings. The number of para-hydroxylation sites is 1. The number of hydrogen-bond acceptors (Lipinski definition) is 2. The first kappa shape index (κ1) is 15.8. The van der Waals surface area contributed by atoms with Gasteiger partial charge in [-0.1, -0.05) is 55.9 Å². The van der Waals surface area contributed by atoms with Crippen LogP contribution >= 0.6 is 23.8 Å². The molecule has 0 saturated heterocycles. The van der Waals surface area contributed by atoms with E-state index in [1.54, 1.807) is 0 Å². The zero-order valence-corrected chi connectivity index (χ0v) is 13.8. The number of nitrogens with two attached hydrogens (primary N) is 1. The van der Waals surface area contributed by atoms with Crippen molar-refractivity contribution in [2.45, 2.75) is 26.7 Å². The molecule has 2 aromatic rings. The molecular formula is C17H19ClN2S. The molecule has 0 aliphatic heterocycles. The second kappa shape index (κ2) is 6.92. The van der Waals surface area contributed by atoms with Crippen LogP contribution in [0.2, 0.25) is 5.02 Å². The van der Waals surface area contributed by atoms with E-state index in [2.05, 4.69) is 37.4 Å². The predicted octanol–water partition coefficient (Wildman–Crippen LogP) is 4.84. The molecule has 3 N–H and O–H groups in total. The van der Waals surface area contributed by atoms with E-state index in [1.165, 1.54) is 16.8 Å². The summed E-state index contributed by atoms with van der Waals surface area (Å²) in [6.45, 7) is 4.31. The number of nitrogens with one attached hydrogen (secondary N) is 1. The monoisotopic (exact) mass is 318 g/mol. The van der Waals surface area contributed by atoms with E-state index < -0.39 is 0 Å². The Hall–Kier alpha value is -1.58. The molecule has 0 amide bonds. The minimum absolute atomic E-state index is 0.315. The Kier molecular flexibility index (Phi) is 5.21. The highest BCUT2D eigenvalue weighted by molar-refractivity contribution is 7.80.